The number of carbonyl (C=O) groups is 2. The normalized spacial score (nSPS) is 17.0. The van der Waals surface area contributed by atoms with E-state index >= 15 is 0 Å². The molecule has 1 aromatic heterocycles. The van der Waals surface area contributed by atoms with E-state index in [0.717, 1.165) is 27.6 Å². The highest BCUT2D eigenvalue weighted by molar-refractivity contribution is 8.16. The number of hydrogen-bond donors (Lipinski definition) is 1. The molecule has 34 heavy (non-hydrogen) atoms. The van der Waals surface area contributed by atoms with Gasteiger partial charge < -0.3 is 15.0 Å². The number of fused-ring (bicyclic) bond motifs is 1. The molecule has 0 fully saturated rings. The molecule has 2 aliphatic heterocycles. The summed E-state index contributed by atoms with van der Waals surface area (Å²) in [7, 11) is 0. The number of pyridine rings is 1. The number of esters is 1. The molecule has 1 atom stereocenters. The van der Waals surface area contributed by atoms with Crippen molar-refractivity contribution in [3.05, 3.63) is 101 Å². The zero-order chi connectivity index (χ0) is 24.1. The monoisotopic (exact) mass is 474 g/mol. The van der Waals surface area contributed by atoms with E-state index in [1.807, 2.05) is 60.6 Å². The first-order valence-corrected chi connectivity index (χ1v) is 11.8. The van der Waals surface area contributed by atoms with Crippen LogP contribution in [0.5, 0.6) is 0 Å². The lowest BCUT2D eigenvalue weighted by molar-refractivity contribution is -0.138. The number of ether oxygens (including phenoxy) is 1. The van der Waals surface area contributed by atoms with Gasteiger partial charge in [0.1, 0.15) is 6.61 Å². The number of nitrogens with one attached hydrogen (secondary N) is 1. The molecular weight excluding hydrogens is 448 g/mol. The predicted molar refractivity (Wildman–Crippen MR) is 133 cm³/mol. The van der Waals surface area contributed by atoms with E-state index in [-0.39, 0.29) is 18.9 Å². The van der Waals surface area contributed by atoms with Crippen molar-refractivity contribution in [1.29, 1.82) is 0 Å². The van der Waals surface area contributed by atoms with Crippen molar-refractivity contribution in [1.82, 2.24) is 15.2 Å². The smallest absolute Gasteiger partial charge is 0.338 e. The molecule has 1 unspecified atom stereocenters. The van der Waals surface area contributed by atoms with Gasteiger partial charge in [-0.05, 0) is 36.4 Å². The Kier molecular flexibility index (Phi) is 7.27. The molecule has 2 aromatic rings. The zero-order valence-electron chi connectivity index (χ0n) is 19.2. The fourth-order valence-corrected chi connectivity index (χ4v) is 4.80. The summed E-state index contributed by atoms with van der Waals surface area (Å²) in [4.78, 5) is 36.6. The number of allylic oxidation sites excluding steroid dienone is 1. The summed E-state index contributed by atoms with van der Waals surface area (Å²) in [6.45, 7) is 7.97. The minimum Gasteiger partial charge on any atom is -0.458 e. The summed E-state index contributed by atoms with van der Waals surface area (Å²) in [5, 5.41) is 5.60. The highest BCUT2D eigenvalue weighted by Gasteiger charge is 2.41. The number of nitrogens with zero attached hydrogens (tertiary/aromatic N) is 3. The Bertz CT molecular complexity index is 1190. The fraction of sp³-hybridized carbons (Fsp3) is 0.231. The van der Waals surface area contributed by atoms with Crippen LogP contribution in [0.25, 0.3) is 0 Å². The SMILES string of the molecule is C=CCOC(=O)C1=C(C)N=C2SC=C(CC(=O)NCc3cccnc3)N2C1c1ccc(C)cc1. The third-order valence-corrected chi connectivity index (χ3v) is 6.39. The molecule has 0 saturated carbocycles. The molecule has 0 saturated heterocycles. The molecule has 4 rings (SSSR count). The Morgan fingerprint density at radius 2 is 2.03 bits per heavy atom. The van der Waals surface area contributed by atoms with E-state index in [2.05, 4.69) is 21.9 Å². The van der Waals surface area contributed by atoms with Crippen molar-refractivity contribution in [3.63, 3.8) is 0 Å². The second kappa shape index (κ2) is 10.5. The van der Waals surface area contributed by atoms with Crippen LogP contribution in [0.1, 0.15) is 36.1 Å². The Hall–Kier alpha value is -3.65. The number of rotatable bonds is 8. The fourth-order valence-electron chi connectivity index (χ4n) is 3.84. The van der Waals surface area contributed by atoms with Crippen LogP contribution in [-0.2, 0) is 20.9 Å². The minimum absolute atomic E-state index is 0.112. The average molecular weight is 475 g/mol. The van der Waals surface area contributed by atoms with Crippen LogP contribution in [0.15, 0.2) is 88.8 Å². The first-order valence-electron chi connectivity index (χ1n) is 10.9. The van der Waals surface area contributed by atoms with Crippen molar-refractivity contribution < 1.29 is 14.3 Å². The number of amides is 1. The van der Waals surface area contributed by atoms with Crippen LogP contribution in [0.4, 0.5) is 0 Å². The Balaban J connectivity index is 1.60. The van der Waals surface area contributed by atoms with Crippen LogP contribution in [0.3, 0.4) is 0 Å². The number of hydrogen-bond acceptors (Lipinski definition) is 7. The van der Waals surface area contributed by atoms with Gasteiger partial charge in [-0.3, -0.25) is 9.78 Å². The summed E-state index contributed by atoms with van der Waals surface area (Å²) in [6, 6.07) is 11.3. The van der Waals surface area contributed by atoms with Gasteiger partial charge in [-0.25, -0.2) is 9.79 Å². The summed E-state index contributed by atoms with van der Waals surface area (Å²) >= 11 is 1.45. The summed E-state index contributed by atoms with van der Waals surface area (Å²) in [5.74, 6) is -0.565. The maximum atomic E-state index is 13.1. The molecule has 174 valence electrons. The molecule has 0 bridgehead atoms. The maximum absolute atomic E-state index is 13.1. The first-order chi connectivity index (χ1) is 16.5. The number of aryl methyl sites for hydroxylation is 1. The standard InChI is InChI=1S/C26H26N4O3S/c1-4-12-33-25(32)23-18(3)29-26-30(24(23)20-9-7-17(2)8-10-20)21(16-34-26)13-22(31)28-15-19-6-5-11-27-14-19/h4-11,14,16,24H,1,12-13,15H2,2-3H3,(H,28,31). The average Bonchev–Trinajstić information content (AvgIpc) is 3.23. The number of thioether (sulfide) groups is 1. The van der Waals surface area contributed by atoms with Crippen molar-refractivity contribution in [2.45, 2.75) is 32.9 Å². The molecule has 1 aromatic carbocycles. The molecule has 7 nitrogen and oxygen atoms in total. The van der Waals surface area contributed by atoms with Gasteiger partial charge in [-0.15, -0.1) is 0 Å². The summed E-state index contributed by atoms with van der Waals surface area (Å²) < 4.78 is 5.41. The molecule has 0 radical (unpaired) electrons. The van der Waals surface area contributed by atoms with Gasteiger partial charge in [0.25, 0.3) is 0 Å². The van der Waals surface area contributed by atoms with Gasteiger partial charge in [0.15, 0.2) is 5.17 Å². The van der Waals surface area contributed by atoms with Crippen LogP contribution < -0.4 is 5.32 Å². The van der Waals surface area contributed by atoms with Crippen LogP contribution in [0.2, 0.25) is 0 Å². The number of benzene rings is 1. The van der Waals surface area contributed by atoms with Gasteiger partial charge in [0, 0.05) is 24.6 Å². The minimum atomic E-state index is -0.446. The van der Waals surface area contributed by atoms with Crippen LogP contribution in [-0.4, -0.2) is 33.5 Å². The van der Waals surface area contributed by atoms with Crippen molar-refractivity contribution >= 4 is 28.8 Å². The summed E-state index contributed by atoms with van der Waals surface area (Å²) in [5.41, 5.74) is 4.81. The predicted octanol–water partition coefficient (Wildman–Crippen LogP) is 4.40. The zero-order valence-corrected chi connectivity index (χ0v) is 20.0. The Morgan fingerprint density at radius 1 is 1.24 bits per heavy atom. The van der Waals surface area contributed by atoms with E-state index in [0.29, 0.717) is 17.8 Å². The summed E-state index contributed by atoms with van der Waals surface area (Å²) in [6.07, 6.45) is 5.11. The van der Waals surface area contributed by atoms with Crippen molar-refractivity contribution in [2.75, 3.05) is 6.61 Å². The molecule has 0 spiro atoms. The van der Waals surface area contributed by atoms with E-state index in [9.17, 15) is 9.59 Å². The topological polar surface area (TPSA) is 83.9 Å². The molecule has 3 heterocycles. The van der Waals surface area contributed by atoms with E-state index < -0.39 is 12.0 Å². The van der Waals surface area contributed by atoms with Crippen LogP contribution >= 0.6 is 11.8 Å². The van der Waals surface area contributed by atoms with Gasteiger partial charge in [0.05, 0.1) is 23.7 Å². The van der Waals surface area contributed by atoms with Gasteiger partial charge in [-0.1, -0.05) is 60.3 Å². The lowest BCUT2D eigenvalue weighted by Crippen LogP contribution is -2.38. The highest BCUT2D eigenvalue weighted by atomic mass is 32.2. The number of aromatic nitrogens is 1. The molecule has 0 aliphatic carbocycles. The van der Waals surface area contributed by atoms with E-state index in [1.165, 1.54) is 17.8 Å². The van der Waals surface area contributed by atoms with Gasteiger partial charge in [-0.2, -0.15) is 0 Å². The molecule has 8 heteroatoms. The van der Waals surface area contributed by atoms with E-state index in [4.69, 9.17) is 4.74 Å². The second-order valence-corrected chi connectivity index (χ2v) is 8.84. The number of amidine groups is 1. The van der Waals surface area contributed by atoms with Crippen molar-refractivity contribution in [3.8, 4) is 0 Å². The molecule has 1 N–H and O–H groups in total. The van der Waals surface area contributed by atoms with Gasteiger partial charge in [0.2, 0.25) is 5.91 Å². The number of aliphatic imine (C=N–C) groups is 1. The van der Waals surface area contributed by atoms with Crippen LogP contribution in [0, 0.1) is 6.92 Å². The first kappa shape index (κ1) is 23.5. The Morgan fingerprint density at radius 3 is 2.74 bits per heavy atom. The molecular formula is C26H26N4O3S. The molecule has 2 aliphatic rings. The third kappa shape index (κ3) is 5.12. The number of carbonyl (C=O) groups excluding carboxylic acids is 2. The Labute approximate surface area is 203 Å². The third-order valence-electron chi connectivity index (χ3n) is 5.50. The van der Waals surface area contributed by atoms with E-state index in [1.54, 1.807) is 12.4 Å². The largest absolute Gasteiger partial charge is 0.458 e. The van der Waals surface area contributed by atoms with Crippen molar-refractivity contribution in [2.24, 2.45) is 4.99 Å². The lowest BCUT2D eigenvalue weighted by Gasteiger charge is -2.36. The lowest BCUT2D eigenvalue weighted by atomic mass is 9.93. The second-order valence-electron chi connectivity index (χ2n) is 8.01. The molecule has 1 amide bonds. The van der Waals surface area contributed by atoms with Gasteiger partial charge >= 0.3 is 5.97 Å². The maximum Gasteiger partial charge on any atom is 0.338 e. The highest BCUT2D eigenvalue weighted by Crippen LogP contribution is 2.44. The quantitative estimate of drug-likeness (QED) is 0.451.